The minimum Gasteiger partial charge on any atom is -0.383 e. The predicted molar refractivity (Wildman–Crippen MR) is 86.9 cm³/mol. The molecule has 110 valence electrons. The molecule has 5 heteroatoms. The summed E-state index contributed by atoms with van der Waals surface area (Å²) in [4.78, 5) is 7.19. The summed E-state index contributed by atoms with van der Waals surface area (Å²) in [6, 6.07) is 4.63. The van der Waals surface area contributed by atoms with Gasteiger partial charge in [0.1, 0.15) is 5.01 Å². The summed E-state index contributed by atoms with van der Waals surface area (Å²) in [5, 5.41) is 6.68. The van der Waals surface area contributed by atoms with E-state index in [-0.39, 0.29) is 11.5 Å². The van der Waals surface area contributed by atoms with Crippen molar-refractivity contribution in [2.45, 2.75) is 32.2 Å². The smallest absolute Gasteiger partial charge is 0.115 e. The van der Waals surface area contributed by atoms with Crippen LogP contribution in [-0.2, 0) is 10.2 Å². The molecule has 0 fully saturated rings. The number of nitrogens with zero attached hydrogens (tertiary/aromatic N) is 1. The van der Waals surface area contributed by atoms with Gasteiger partial charge in [-0.25, -0.2) is 4.98 Å². The zero-order chi connectivity index (χ0) is 14.6. The minimum absolute atomic E-state index is 0.172. The minimum atomic E-state index is 0.172. The van der Waals surface area contributed by atoms with Crippen LogP contribution in [0.2, 0.25) is 0 Å². The number of hydrogen-bond donors (Lipinski definition) is 1. The molecule has 0 amide bonds. The van der Waals surface area contributed by atoms with Crippen LogP contribution in [0.4, 0.5) is 0 Å². The fourth-order valence-electron chi connectivity index (χ4n) is 1.90. The molecule has 2 aromatic rings. The molecule has 0 radical (unpaired) electrons. The Kier molecular flexibility index (Phi) is 5.32. The fourth-order valence-corrected chi connectivity index (χ4v) is 3.85. The molecular weight excluding hydrogens is 288 g/mol. The maximum atomic E-state index is 5.13. The molecule has 2 aromatic heterocycles. The Morgan fingerprint density at radius 2 is 2.15 bits per heavy atom. The standard InChI is InChI=1S/C15H22N2OS2/c1-15(2,3)12-6-5-11(20-12)13(16-7-9-18-4)14-17-8-10-19-14/h5-6,8,10,13,16H,7,9H2,1-4H3. The highest BCUT2D eigenvalue weighted by molar-refractivity contribution is 7.13. The van der Waals surface area contributed by atoms with Gasteiger partial charge in [-0.05, 0) is 17.5 Å². The lowest BCUT2D eigenvalue weighted by molar-refractivity contribution is 0.197. The van der Waals surface area contributed by atoms with Crippen LogP contribution in [0.3, 0.4) is 0 Å². The van der Waals surface area contributed by atoms with E-state index < -0.39 is 0 Å². The summed E-state index contributed by atoms with van der Waals surface area (Å²) < 4.78 is 5.13. The number of methoxy groups -OCH3 is 1. The van der Waals surface area contributed by atoms with Gasteiger partial charge >= 0.3 is 0 Å². The number of nitrogens with one attached hydrogen (secondary N) is 1. The number of ether oxygens (including phenoxy) is 1. The second-order valence-electron chi connectivity index (χ2n) is 5.70. The van der Waals surface area contributed by atoms with Crippen molar-refractivity contribution in [1.29, 1.82) is 0 Å². The lowest BCUT2D eigenvalue weighted by atomic mass is 9.95. The molecule has 0 aliphatic heterocycles. The van der Waals surface area contributed by atoms with Crippen LogP contribution in [0.15, 0.2) is 23.7 Å². The quantitative estimate of drug-likeness (QED) is 0.823. The first-order chi connectivity index (χ1) is 9.52. The maximum Gasteiger partial charge on any atom is 0.115 e. The van der Waals surface area contributed by atoms with Gasteiger partial charge in [-0.1, -0.05) is 20.8 Å². The molecule has 2 heterocycles. The Labute approximate surface area is 129 Å². The van der Waals surface area contributed by atoms with Gasteiger partial charge in [0.2, 0.25) is 0 Å². The Morgan fingerprint density at radius 1 is 1.35 bits per heavy atom. The maximum absolute atomic E-state index is 5.13. The van der Waals surface area contributed by atoms with Crippen molar-refractivity contribution in [3.63, 3.8) is 0 Å². The van der Waals surface area contributed by atoms with Gasteiger partial charge in [0.05, 0.1) is 12.6 Å². The molecule has 0 aromatic carbocycles. The Morgan fingerprint density at radius 3 is 2.70 bits per heavy atom. The van der Waals surface area contributed by atoms with E-state index in [0.717, 1.165) is 11.6 Å². The third kappa shape index (κ3) is 3.88. The van der Waals surface area contributed by atoms with E-state index >= 15 is 0 Å². The number of thiophene rings is 1. The van der Waals surface area contributed by atoms with Crippen LogP contribution >= 0.6 is 22.7 Å². The average molecular weight is 310 g/mol. The molecule has 3 nitrogen and oxygen atoms in total. The van der Waals surface area contributed by atoms with Crippen LogP contribution in [0.5, 0.6) is 0 Å². The highest BCUT2D eigenvalue weighted by Gasteiger charge is 2.22. The highest BCUT2D eigenvalue weighted by Crippen LogP contribution is 2.35. The molecule has 0 aliphatic carbocycles. The Bertz CT molecular complexity index is 514. The van der Waals surface area contributed by atoms with Crippen LogP contribution in [0.25, 0.3) is 0 Å². The Hall–Kier alpha value is -0.750. The van der Waals surface area contributed by atoms with Gasteiger partial charge in [0, 0.05) is 35.0 Å². The molecule has 0 saturated heterocycles. The van der Waals surface area contributed by atoms with Crippen LogP contribution in [0, 0.1) is 0 Å². The summed E-state index contributed by atoms with van der Waals surface area (Å²) in [5.41, 5.74) is 0.197. The first-order valence-electron chi connectivity index (χ1n) is 6.74. The van der Waals surface area contributed by atoms with Crippen molar-refractivity contribution in [1.82, 2.24) is 10.3 Å². The lowest BCUT2D eigenvalue weighted by Crippen LogP contribution is -2.25. The molecule has 0 saturated carbocycles. The summed E-state index contributed by atoms with van der Waals surface area (Å²) >= 11 is 3.56. The third-order valence-electron chi connectivity index (χ3n) is 3.00. The summed E-state index contributed by atoms with van der Waals surface area (Å²) in [7, 11) is 1.73. The van der Waals surface area contributed by atoms with Crippen molar-refractivity contribution in [3.8, 4) is 0 Å². The summed E-state index contributed by atoms with van der Waals surface area (Å²) in [5.74, 6) is 0. The lowest BCUT2D eigenvalue weighted by Gasteiger charge is -2.17. The highest BCUT2D eigenvalue weighted by atomic mass is 32.1. The van der Waals surface area contributed by atoms with Crippen molar-refractivity contribution < 1.29 is 4.74 Å². The van der Waals surface area contributed by atoms with Crippen molar-refractivity contribution in [3.05, 3.63) is 38.5 Å². The molecule has 2 rings (SSSR count). The van der Waals surface area contributed by atoms with E-state index in [1.807, 2.05) is 22.9 Å². The van der Waals surface area contributed by atoms with E-state index in [1.165, 1.54) is 9.75 Å². The number of thiazole rings is 1. The topological polar surface area (TPSA) is 34.1 Å². The second kappa shape index (κ2) is 6.80. The SMILES string of the molecule is COCCNC(c1ccc(C(C)(C)C)s1)c1nccs1. The average Bonchev–Trinajstić information content (AvgIpc) is 3.05. The molecule has 1 N–H and O–H groups in total. The zero-order valence-corrected chi connectivity index (χ0v) is 14.1. The van der Waals surface area contributed by atoms with Gasteiger partial charge in [-0.2, -0.15) is 0 Å². The Balaban J connectivity index is 2.20. The van der Waals surface area contributed by atoms with E-state index in [1.54, 1.807) is 18.4 Å². The van der Waals surface area contributed by atoms with E-state index in [2.05, 4.69) is 43.2 Å². The van der Waals surface area contributed by atoms with Gasteiger partial charge in [-0.15, -0.1) is 22.7 Å². The first-order valence-corrected chi connectivity index (χ1v) is 8.44. The first kappa shape index (κ1) is 15.6. The normalized spacial score (nSPS) is 13.6. The zero-order valence-electron chi connectivity index (χ0n) is 12.5. The third-order valence-corrected chi connectivity index (χ3v) is 5.42. The number of hydrogen-bond acceptors (Lipinski definition) is 5. The molecule has 0 bridgehead atoms. The molecule has 20 heavy (non-hydrogen) atoms. The van der Waals surface area contributed by atoms with Crippen molar-refractivity contribution in [2.24, 2.45) is 0 Å². The van der Waals surface area contributed by atoms with Gasteiger partial charge in [0.25, 0.3) is 0 Å². The number of aromatic nitrogens is 1. The van der Waals surface area contributed by atoms with Crippen molar-refractivity contribution >= 4 is 22.7 Å². The molecule has 1 unspecified atom stereocenters. The molecule has 0 aliphatic rings. The van der Waals surface area contributed by atoms with Crippen LogP contribution in [0.1, 0.15) is 41.6 Å². The molecule has 0 spiro atoms. The van der Waals surface area contributed by atoms with E-state index in [0.29, 0.717) is 6.61 Å². The predicted octanol–water partition coefficient (Wildman–Crippen LogP) is 3.83. The fraction of sp³-hybridized carbons (Fsp3) is 0.533. The van der Waals surface area contributed by atoms with Gasteiger partial charge < -0.3 is 10.1 Å². The summed E-state index contributed by atoms with van der Waals surface area (Å²) in [6.07, 6.45) is 1.86. The van der Waals surface area contributed by atoms with Crippen molar-refractivity contribution in [2.75, 3.05) is 20.3 Å². The van der Waals surface area contributed by atoms with Gasteiger partial charge in [0.15, 0.2) is 0 Å². The largest absolute Gasteiger partial charge is 0.383 e. The van der Waals surface area contributed by atoms with E-state index in [4.69, 9.17) is 4.74 Å². The second-order valence-corrected chi connectivity index (χ2v) is 7.74. The van der Waals surface area contributed by atoms with Crippen LogP contribution in [-0.4, -0.2) is 25.2 Å². The monoisotopic (exact) mass is 310 g/mol. The number of rotatable bonds is 6. The molecule has 1 atom stereocenters. The van der Waals surface area contributed by atoms with E-state index in [9.17, 15) is 0 Å². The van der Waals surface area contributed by atoms with Gasteiger partial charge in [-0.3, -0.25) is 0 Å². The summed E-state index contributed by atoms with van der Waals surface area (Å²) in [6.45, 7) is 8.28. The molecular formula is C15H22N2OS2. The van der Waals surface area contributed by atoms with Crippen LogP contribution < -0.4 is 5.32 Å².